The predicted molar refractivity (Wildman–Crippen MR) is 277 cm³/mol. The maximum absolute atomic E-state index is 6.79. The van der Waals surface area contributed by atoms with Crippen LogP contribution >= 0.6 is 0 Å². The normalized spacial score (nSPS) is 13.8. The summed E-state index contributed by atoms with van der Waals surface area (Å²) in [6, 6.07) is 71.5. The molecule has 0 amide bonds. The van der Waals surface area contributed by atoms with Crippen molar-refractivity contribution in [3.05, 3.63) is 216 Å². The predicted octanol–water partition coefficient (Wildman–Crippen LogP) is 17.7. The lowest BCUT2D eigenvalue weighted by Crippen LogP contribution is -2.17. The maximum atomic E-state index is 6.79. The van der Waals surface area contributed by atoms with E-state index in [1.165, 1.54) is 71.9 Å². The van der Waals surface area contributed by atoms with E-state index in [4.69, 9.17) is 4.42 Å². The van der Waals surface area contributed by atoms with Crippen LogP contribution in [0.4, 0.5) is 17.1 Å². The second-order valence-corrected chi connectivity index (χ2v) is 18.5. The van der Waals surface area contributed by atoms with Gasteiger partial charge in [-0.15, -0.1) is 0 Å². The van der Waals surface area contributed by atoms with Gasteiger partial charge in [0.25, 0.3) is 0 Å². The number of aromatic nitrogens is 1. The number of nitrogens with zero attached hydrogens (tertiary/aromatic N) is 2. The van der Waals surface area contributed by atoms with Gasteiger partial charge in [0.15, 0.2) is 0 Å². The zero-order chi connectivity index (χ0) is 42.2. The average Bonchev–Trinajstić information content (AvgIpc) is 4.00. The highest BCUT2D eigenvalue weighted by Crippen LogP contribution is 2.57. The fourth-order valence-corrected chi connectivity index (χ4v) is 11.3. The van der Waals surface area contributed by atoms with E-state index in [2.05, 4.69) is 231 Å². The third kappa shape index (κ3) is 5.61. The summed E-state index contributed by atoms with van der Waals surface area (Å²) in [5.41, 5.74) is 21.3. The van der Waals surface area contributed by atoms with E-state index >= 15 is 0 Å². The van der Waals surface area contributed by atoms with E-state index < -0.39 is 0 Å². The van der Waals surface area contributed by atoms with E-state index in [0.717, 1.165) is 50.3 Å². The van der Waals surface area contributed by atoms with Crippen molar-refractivity contribution in [3.63, 3.8) is 0 Å². The second kappa shape index (κ2) is 14.5. The Morgan fingerprint density at radius 1 is 0.415 bits per heavy atom. The zero-order valence-electron chi connectivity index (χ0n) is 35.8. The Kier molecular flexibility index (Phi) is 8.93. The van der Waals surface area contributed by atoms with Gasteiger partial charge in [-0.2, -0.15) is 0 Å². The molecule has 2 heterocycles. The molecule has 2 aliphatic rings. The van der Waals surface area contributed by atoms with Gasteiger partial charge in [0.05, 0.1) is 27.8 Å². The van der Waals surface area contributed by atoms with Crippen LogP contribution in [0.5, 0.6) is 0 Å². The molecule has 3 heteroatoms. The van der Waals surface area contributed by atoms with Crippen molar-refractivity contribution in [3.8, 4) is 39.1 Å². The van der Waals surface area contributed by atoms with Gasteiger partial charge in [-0.1, -0.05) is 164 Å². The summed E-state index contributed by atoms with van der Waals surface area (Å²) in [6.45, 7) is 9.47. The molecule has 0 spiro atoms. The third-order valence-electron chi connectivity index (χ3n) is 14.4. The van der Waals surface area contributed by atoms with Crippen LogP contribution in [-0.4, -0.2) is 4.57 Å². The van der Waals surface area contributed by atoms with E-state index in [9.17, 15) is 0 Å². The first-order chi connectivity index (χ1) is 30.8. The number of benzene rings is 9. The molecule has 65 heavy (non-hydrogen) atoms. The summed E-state index contributed by atoms with van der Waals surface area (Å²) in [5, 5.41) is 4.67. The lowest BCUT2D eigenvalue weighted by Gasteiger charge is -2.31. The van der Waals surface area contributed by atoms with Gasteiger partial charge in [-0.3, -0.25) is 0 Å². The molecule has 0 bridgehead atoms. The number of rotatable bonds is 5. The van der Waals surface area contributed by atoms with Crippen LogP contribution in [0.25, 0.3) is 82.8 Å². The number of para-hydroxylation sites is 2. The van der Waals surface area contributed by atoms with Gasteiger partial charge in [0, 0.05) is 43.9 Å². The molecule has 2 aromatic heterocycles. The van der Waals surface area contributed by atoms with Crippen molar-refractivity contribution in [2.24, 2.45) is 0 Å². The van der Waals surface area contributed by atoms with Gasteiger partial charge in [0.2, 0.25) is 0 Å². The fraction of sp³-hybridized carbons (Fsp3) is 0.129. The standard InChI is InChI=1S/C60H44N2O.2CH4/c1-59(2)48-22-12-9-20-44(48)57-49(59)23-14-25-53(57)62(40-30-31-42-41-18-8-11-21-47(41)60(3,4)50(42)36-40)54-26-15-27-56-58(54)46-35-38(29-33-55(46)63-56)37-28-32-52-45(34-37)43-19-10-13-24-51(43)61(52)39-16-6-5-7-17-39;;/h5-36H,1-4H3;2*1H4. The SMILES string of the molecule is C.C.CC1(C)c2ccccc2-c2ccc(N(c3cccc4c3-c3ccccc3C4(C)C)c3cccc4oc5ccc(-c6ccc7c(c6)c6ccccc6n7-c6ccccc6)cc5c34)cc21. The molecule has 0 N–H and O–H groups in total. The Morgan fingerprint density at radius 2 is 1.02 bits per heavy atom. The second-order valence-electron chi connectivity index (χ2n) is 18.5. The van der Waals surface area contributed by atoms with Crippen molar-refractivity contribution in [2.75, 3.05) is 4.90 Å². The summed E-state index contributed by atoms with van der Waals surface area (Å²) < 4.78 is 9.16. The average molecular weight is 841 g/mol. The zero-order valence-corrected chi connectivity index (χ0v) is 35.8. The molecule has 0 atom stereocenters. The minimum atomic E-state index is -0.154. The van der Waals surface area contributed by atoms with Gasteiger partial charge in [-0.25, -0.2) is 0 Å². The molecule has 0 unspecified atom stereocenters. The van der Waals surface area contributed by atoms with Gasteiger partial charge >= 0.3 is 0 Å². The summed E-state index contributed by atoms with van der Waals surface area (Å²) >= 11 is 0. The van der Waals surface area contributed by atoms with Crippen LogP contribution in [-0.2, 0) is 10.8 Å². The van der Waals surface area contributed by atoms with Crippen molar-refractivity contribution in [1.29, 1.82) is 0 Å². The highest BCUT2D eigenvalue weighted by molar-refractivity contribution is 6.16. The van der Waals surface area contributed by atoms with Crippen molar-refractivity contribution >= 4 is 60.8 Å². The largest absolute Gasteiger partial charge is 0.456 e. The van der Waals surface area contributed by atoms with Gasteiger partial charge < -0.3 is 13.9 Å². The van der Waals surface area contributed by atoms with E-state index in [1.807, 2.05) is 0 Å². The first-order valence-electron chi connectivity index (χ1n) is 22.1. The van der Waals surface area contributed by atoms with Crippen LogP contribution in [0.3, 0.4) is 0 Å². The molecule has 2 aliphatic carbocycles. The molecular formula is C62H52N2O. The van der Waals surface area contributed by atoms with Crippen LogP contribution in [0.15, 0.2) is 199 Å². The van der Waals surface area contributed by atoms with Crippen molar-refractivity contribution in [2.45, 2.75) is 53.4 Å². The molecule has 13 rings (SSSR count). The first kappa shape index (κ1) is 40.2. The minimum Gasteiger partial charge on any atom is -0.456 e. The topological polar surface area (TPSA) is 21.3 Å². The molecule has 0 saturated carbocycles. The molecule has 0 radical (unpaired) electrons. The van der Waals surface area contributed by atoms with Crippen LogP contribution < -0.4 is 4.90 Å². The summed E-state index contributed by atoms with van der Waals surface area (Å²) in [6.07, 6.45) is 0. The Balaban J connectivity index is 0.00000234. The molecule has 316 valence electrons. The molecular weight excluding hydrogens is 789 g/mol. The first-order valence-corrected chi connectivity index (χ1v) is 22.1. The Bertz CT molecular complexity index is 3690. The number of fused-ring (bicyclic) bond motifs is 12. The lowest BCUT2D eigenvalue weighted by molar-refractivity contribution is 0.660. The Hall–Kier alpha value is -7.62. The lowest BCUT2D eigenvalue weighted by atomic mass is 9.82. The highest BCUT2D eigenvalue weighted by atomic mass is 16.3. The Morgan fingerprint density at radius 3 is 1.83 bits per heavy atom. The third-order valence-corrected chi connectivity index (χ3v) is 14.4. The Labute approximate surface area is 381 Å². The summed E-state index contributed by atoms with van der Waals surface area (Å²) in [5.74, 6) is 0. The number of anilines is 3. The van der Waals surface area contributed by atoms with Crippen LogP contribution in [0.2, 0.25) is 0 Å². The van der Waals surface area contributed by atoms with Crippen molar-refractivity contribution < 1.29 is 4.42 Å². The molecule has 0 saturated heterocycles. The highest BCUT2D eigenvalue weighted by Gasteiger charge is 2.39. The van der Waals surface area contributed by atoms with Crippen LogP contribution in [0, 0.1) is 0 Å². The minimum absolute atomic E-state index is 0. The van der Waals surface area contributed by atoms with Gasteiger partial charge in [0.1, 0.15) is 11.2 Å². The molecule has 0 fully saturated rings. The van der Waals surface area contributed by atoms with E-state index in [-0.39, 0.29) is 25.7 Å². The fourth-order valence-electron chi connectivity index (χ4n) is 11.3. The monoisotopic (exact) mass is 840 g/mol. The molecule has 3 nitrogen and oxygen atoms in total. The van der Waals surface area contributed by atoms with Gasteiger partial charge in [-0.05, 0) is 123 Å². The number of furan rings is 1. The molecule has 0 aliphatic heterocycles. The molecule has 11 aromatic rings. The van der Waals surface area contributed by atoms with E-state index in [1.54, 1.807) is 0 Å². The maximum Gasteiger partial charge on any atom is 0.137 e. The van der Waals surface area contributed by atoms with Crippen molar-refractivity contribution in [1.82, 2.24) is 4.57 Å². The number of hydrogen-bond donors (Lipinski definition) is 0. The van der Waals surface area contributed by atoms with Crippen LogP contribution in [0.1, 0.15) is 64.8 Å². The molecule has 9 aromatic carbocycles. The smallest absolute Gasteiger partial charge is 0.137 e. The van der Waals surface area contributed by atoms with E-state index in [0.29, 0.717) is 0 Å². The number of hydrogen-bond acceptors (Lipinski definition) is 2. The quantitative estimate of drug-likeness (QED) is 0.172. The summed E-state index contributed by atoms with van der Waals surface area (Å²) in [7, 11) is 0. The summed E-state index contributed by atoms with van der Waals surface area (Å²) in [4.78, 5) is 2.52.